The van der Waals surface area contributed by atoms with Crippen LogP contribution in [0.2, 0.25) is 0 Å². The van der Waals surface area contributed by atoms with E-state index in [1.165, 1.54) is 24.1 Å². The number of carbonyl (C=O) groups is 2. The highest BCUT2D eigenvalue weighted by Crippen LogP contribution is 2.11. The van der Waals surface area contributed by atoms with E-state index in [0.717, 1.165) is 5.56 Å². The average Bonchev–Trinajstić information content (AvgIpc) is 2.55. The Kier molecular flexibility index (Phi) is 4.88. The van der Waals surface area contributed by atoms with Gasteiger partial charge in [-0.05, 0) is 42.0 Å². The zero-order chi connectivity index (χ0) is 16.1. The molecule has 114 valence electrons. The van der Waals surface area contributed by atoms with Gasteiger partial charge in [0.15, 0.2) is 0 Å². The molecule has 1 amide bonds. The summed E-state index contributed by atoms with van der Waals surface area (Å²) >= 11 is 0. The Morgan fingerprint density at radius 2 is 1.55 bits per heavy atom. The van der Waals surface area contributed by atoms with Gasteiger partial charge in [-0.3, -0.25) is 4.79 Å². The van der Waals surface area contributed by atoms with E-state index in [9.17, 15) is 14.0 Å². The average molecular weight is 301 g/mol. The molecule has 2 aromatic rings. The maximum absolute atomic E-state index is 12.9. The zero-order valence-electron chi connectivity index (χ0n) is 12.4. The van der Waals surface area contributed by atoms with Crippen LogP contribution in [0.3, 0.4) is 0 Å². The van der Waals surface area contributed by atoms with Crippen LogP contribution in [-0.2, 0) is 11.3 Å². The molecule has 4 nitrogen and oxygen atoms in total. The van der Waals surface area contributed by atoms with Crippen molar-refractivity contribution in [2.75, 3.05) is 14.2 Å². The topological polar surface area (TPSA) is 46.6 Å². The Bertz CT molecular complexity index is 665. The van der Waals surface area contributed by atoms with Gasteiger partial charge in [0.2, 0.25) is 0 Å². The van der Waals surface area contributed by atoms with Crippen molar-refractivity contribution in [2.45, 2.75) is 6.54 Å². The first kappa shape index (κ1) is 15.7. The van der Waals surface area contributed by atoms with Crippen LogP contribution < -0.4 is 0 Å². The van der Waals surface area contributed by atoms with Crippen molar-refractivity contribution in [3.63, 3.8) is 0 Å². The van der Waals surface area contributed by atoms with Gasteiger partial charge in [0.25, 0.3) is 5.91 Å². The maximum atomic E-state index is 12.9. The molecule has 0 N–H and O–H groups in total. The van der Waals surface area contributed by atoms with Gasteiger partial charge in [0.1, 0.15) is 5.82 Å². The zero-order valence-corrected chi connectivity index (χ0v) is 12.4. The molecule has 0 aromatic heterocycles. The molecule has 0 aliphatic carbocycles. The van der Waals surface area contributed by atoms with Crippen molar-refractivity contribution in [3.8, 4) is 0 Å². The summed E-state index contributed by atoms with van der Waals surface area (Å²) in [6.45, 7) is 0.373. The largest absolute Gasteiger partial charge is 0.465 e. The molecule has 0 unspecified atom stereocenters. The third-order valence-corrected chi connectivity index (χ3v) is 3.23. The van der Waals surface area contributed by atoms with Gasteiger partial charge in [0.05, 0.1) is 12.7 Å². The number of benzene rings is 2. The van der Waals surface area contributed by atoms with Crippen LogP contribution in [0.15, 0.2) is 48.5 Å². The number of halogens is 1. The summed E-state index contributed by atoms with van der Waals surface area (Å²) < 4.78 is 17.5. The van der Waals surface area contributed by atoms with Gasteiger partial charge in [-0.25, -0.2) is 9.18 Å². The first-order valence-corrected chi connectivity index (χ1v) is 6.69. The Labute approximate surface area is 128 Å². The smallest absolute Gasteiger partial charge is 0.337 e. The molecule has 22 heavy (non-hydrogen) atoms. The van der Waals surface area contributed by atoms with E-state index in [-0.39, 0.29) is 11.7 Å². The van der Waals surface area contributed by atoms with Crippen molar-refractivity contribution in [2.24, 2.45) is 0 Å². The standard InChI is InChI=1S/C17H16FNO3/c1-19(11-12-3-9-15(18)10-4-12)16(20)13-5-7-14(8-6-13)17(21)22-2/h3-10H,11H2,1-2H3. The maximum Gasteiger partial charge on any atom is 0.337 e. The SMILES string of the molecule is COC(=O)c1ccc(C(=O)N(C)Cc2ccc(F)cc2)cc1. The van der Waals surface area contributed by atoms with Crippen molar-refractivity contribution in [1.82, 2.24) is 4.90 Å². The minimum Gasteiger partial charge on any atom is -0.465 e. The van der Waals surface area contributed by atoms with E-state index in [1.807, 2.05) is 0 Å². The molecule has 0 atom stereocenters. The van der Waals surface area contributed by atoms with Crippen LogP contribution in [0.25, 0.3) is 0 Å². The number of rotatable bonds is 4. The number of hydrogen-bond donors (Lipinski definition) is 0. The number of hydrogen-bond acceptors (Lipinski definition) is 3. The minimum atomic E-state index is -0.446. The van der Waals surface area contributed by atoms with Gasteiger partial charge in [0, 0.05) is 19.2 Å². The second-order valence-corrected chi connectivity index (χ2v) is 4.86. The van der Waals surface area contributed by atoms with E-state index in [4.69, 9.17) is 0 Å². The lowest BCUT2D eigenvalue weighted by Gasteiger charge is -2.17. The fourth-order valence-corrected chi connectivity index (χ4v) is 2.02. The molecule has 0 saturated carbocycles. The Hall–Kier alpha value is -2.69. The van der Waals surface area contributed by atoms with Crippen molar-refractivity contribution in [1.29, 1.82) is 0 Å². The first-order valence-electron chi connectivity index (χ1n) is 6.69. The highest BCUT2D eigenvalue weighted by Gasteiger charge is 2.13. The molecule has 0 aliphatic rings. The van der Waals surface area contributed by atoms with E-state index in [1.54, 1.807) is 43.4 Å². The molecule has 0 fully saturated rings. The summed E-state index contributed by atoms with van der Waals surface area (Å²) in [5.41, 5.74) is 1.70. The molecular weight excluding hydrogens is 285 g/mol. The highest BCUT2D eigenvalue weighted by molar-refractivity contribution is 5.96. The van der Waals surface area contributed by atoms with E-state index in [0.29, 0.717) is 17.7 Å². The van der Waals surface area contributed by atoms with Crippen molar-refractivity contribution in [3.05, 3.63) is 71.0 Å². The van der Waals surface area contributed by atoms with Crippen LogP contribution in [0.1, 0.15) is 26.3 Å². The summed E-state index contributed by atoms with van der Waals surface area (Å²) in [6, 6.07) is 12.2. The lowest BCUT2D eigenvalue weighted by Crippen LogP contribution is -2.26. The fraction of sp³-hybridized carbons (Fsp3) is 0.176. The number of amides is 1. The summed E-state index contributed by atoms with van der Waals surface area (Å²) in [4.78, 5) is 25.2. The van der Waals surface area contributed by atoms with Gasteiger partial charge in [-0.15, -0.1) is 0 Å². The molecule has 0 radical (unpaired) electrons. The van der Waals surface area contributed by atoms with Gasteiger partial charge in [-0.1, -0.05) is 12.1 Å². The second-order valence-electron chi connectivity index (χ2n) is 4.86. The molecule has 0 heterocycles. The monoisotopic (exact) mass is 301 g/mol. The van der Waals surface area contributed by atoms with Crippen LogP contribution in [0.4, 0.5) is 4.39 Å². The lowest BCUT2D eigenvalue weighted by molar-refractivity contribution is 0.0600. The highest BCUT2D eigenvalue weighted by atomic mass is 19.1. The predicted octanol–water partition coefficient (Wildman–Crippen LogP) is 2.88. The third-order valence-electron chi connectivity index (χ3n) is 3.23. The molecule has 2 rings (SSSR count). The van der Waals surface area contributed by atoms with E-state index < -0.39 is 5.97 Å². The van der Waals surface area contributed by atoms with Gasteiger partial charge in [-0.2, -0.15) is 0 Å². The Balaban J connectivity index is 2.06. The van der Waals surface area contributed by atoms with Crippen LogP contribution in [-0.4, -0.2) is 30.9 Å². The van der Waals surface area contributed by atoms with Gasteiger partial charge < -0.3 is 9.64 Å². The normalized spacial score (nSPS) is 10.1. The summed E-state index contributed by atoms with van der Waals surface area (Å²) in [5, 5.41) is 0. The number of esters is 1. The molecule has 0 bridgehead atoms. The number of nitrogens with zero attached hydrogens (tertiary/aromatic N) is 1. The molecular formula is C17H16FNO3. The molecule has 5 heteroatoms. The van der Waals surface area contributed by atoms with E-state index in [2.05, 4.69) is 4.74 Å². The lowest BCUT2D eigenvalue weighted by atomic mass is 10.1. The number of carbonyl (C=O) groups excluding carboxylic acids is 2. The van der Waals surface area contributed by atoms with Crippen LogP contribution in [0.5, 0.6) is 0 Å². The summed E-state index contributed by atoms with van der Waals surface area (Å²) in [7, 11) is 2.97. The quantitative estimate of drug-likeness (QED) is 0.816. The summed E-state index contributed by atoms with van der Waals surface area (Å²) in [6.07, 6.45) is 0. The van der Waals surface area contributed by atoms with Crippen molar-refractivity contribution >= 4 is 11.9 Å². The number of methoxy groups -OCH3 is 1. The molecule has 0 saturated heterocycles. The first-order chi connectivity index (χ1) is 10.5. The van der Waals surface area contributed by atoms with E-state index >= 15 is 0 Å². The van der Waals surface area contributed by atoms with Crippen molar-refractivity contribution < 1.29 is 18.7 Å². The minimum absolute atomic E-state index is 0.180. The Morgan fingerprint density at radius 3 is 2.09 bits per heavy atom. The molecule has 0 spiro atoms. The molecule has 2 aromatic carbocycles. The molecule has 0 aliphatic heterocycles. The summed E-state index contributed by atoms with van der Waals surface area (Å²) in [5.74, 6) is -0.935. The van der Waals surface area contributed by atoms with Gasteiger partial charge >= 0.3 is 5.97 Å². The third kappa shape index (κ3) is 3.69. The van der Waals surface area contributed by atoms with Crippen LogP contribution in [0, 0.1) is 5.82 Å². The second kappa shape index (κ2) is 6.85. The fourth-order valence-electron chi connectivity index (χ4n) is 2.02. The van der Waals surface area contributed by atoms with Crippen LogP contribution >= 0.6 is 0 Å². The predicted molar refractivity (Wildman–Crippen MR) is 80.0 cm³/mol. The number of ether oxygens (including phenoxy) is 1. The Morgan fingerprint density at radius 1 is 1.00 bits per heavy atom.